The van der Waals surface area contributed by atoms with Crippen molar-refractivity contribution in [2.24, 2.45) is 5.92 Å². The van der Waals surface area contributed by atoms with E-state index in [1.54, 1.807) is 0 Å². The van der Waals surface area contributed by atoms with Gasteiger partial charge in [0.2, 0.25) is 0 Å². The summed E-state index contributed by atoms with van der Waals surface area (Å²) >= 11 is 0. The van der Waals surface area contributed by atoms with Crippen molar-refractivity contribution in [2.75, 3.05) is 20.6 Å². The van der Waals surface area contributed by atoms with Crippen molar-refractivity contribution in [2.45, 2.75) is 12.8 Å². The fourth-order valence-electron chi connectivity index (χ4n) is 2.94. The van der Waals surface area contributed by atoms with Gasteiger partial charge in [-0.1, -0.05) is 18.2 Å². The topological polar surface area (TPSA) is 36.1 Å². The standard InChI is InChI=1S/C15H18N2O/c1-17(2)9-10-7-8-13-14(15(10)18)11-5-3-4-6-12(11)16-13/h3-6,10,16H,7-9H2,1-2H3/t10-/m1/s1. The molecule has 0 spiro atoms. The summed E-state index contributed by atoms with van der Waals surface area (Å²) in [6.07, 6.45) is 1.94. The Morgan fingerprint density at radius 3 is 2.89 bits per heavy atom. The summed E-state index contributed by atoms with van der Waals surface area (Å²) in [6.45, 7) is 0.845. The van der Waals surface area contributed by atoms with E-state index in [9.17, 15) is 4.79 Å². The highest BCUT2D eigenvalue weighted by atomic mass is 16.1. The van der Waals surface area contributed by atoms with E-state index in [0.29, 0.717) is 5.78 Å². The molecule has 2 aromatic rings. The van der Waals surface area contributed by atoms with Crippen LogP contribution in [0.2, 0.25) is 0 Å². The molecule has 0 amide bonds. The zero-order valence-electron chi connectivity index (χ0n) is 10.9. The Labute approximate surface area is 107 Å². The Hall–Kier alpha value is -1.61. The first-order valence-electron chi connectivity index (χ1n) is 6.45. The molecule has 1 N–H and O–H groups in total. The van der Waals surface area contributed by atoms with Crippen LogP contribution >= 0.6 is 0 Å². The summed E-state index contributed by atoms with van der Waals surface area (Å²) in [5.74, 6) is 0.453. The van der Waals surface area contributed by atoms with E-state index < -0.39 is 0 Å². The predicted octanol–water partition coefficient (Wildman–Crippen LogP) is 2.47. The summed E-state index contributed by atoms with van der Waals surface area (Å²) in [6, 6.07) is 8.09. The lowest BCUT2D eigenvalue weighted by Gasteiger charge is -2.24. The van der Waals surface area contributed by atoms with Gasteiger partial charge in [-0.25, -0.2) is 0 Å². The molecule has 3 nitrogen and oxygen atoms in total. The molecule has 18 heavy (non-hydrogen) atoms. The van der Waals surface area contributed by atoms with E-state index in [1.807, 2.05) is 38.4 Å². The molecule has 1 aliphatic rings. The Kier molecular flexibility index (Phi) is 2.71. The Balaban J connectivity index is 2.06. The number of carbonyl (C=O) groups is 1. The number of fused-ring (bicyclic) bond motifs is 3. The van der Waals surface area contributed by atoms with Crippen LogP contribution in [0.4, 0.5) is 0 Å². The smallest absolute Gasteiger partial charge is 0.169 e. The average molecular weight is 242 g/mol. The van der Waals surface area contributed by atoms with Gasteiger partial charge in [0.15, 0.2) is 5.78 Å². The van der Waals surface area contributed by atoms with E-state index in [-0.39, 0.29) is 5.92 Å². The summed E-state index contributed by atoms with van der Waals surface area (Å²) < 4.78 is 0. The lowest BCUT2D eigenvalue weighted by molar-refractivity contribution is 0.0879. The van der Waals surface area contributed by atoms with Crippen LogP contribution < -0.4 is 0 Å². The molecule has 3 rings (SSSR count). The molecule has 0 unspecified atom stereocenters. The van der Waals surface area contributed by atoms with Crippen molar-refractivity contribution in [1.82, 2.24) is 9.88 Å². The third-order valence-electron chi connectivity index (χ3n) is 3.73. The molecule has 0 bridgehead atoms. The molecule has 0 saturated carbocycles. The monoisotopic (exact) mass is 242 g/mol. The number of hydrogen-bond acceptors (Lipinski definition) is 2. The van der Waals surface area contributed by atoms with Crippen LogP contribution in [0.15, 0.2) is 24.3 Å². The number of carbonyl (C=O) groups excluding carboxylic acids is 1. The van der Waals surface area contributed by atoms with Crippen LogP contribution in [-0.4, -0.2) is 36.3 Å². The van der Waals surface area contributed by atoms with E-state index in [2.05, 4.69) is 9.88 Å². The van der Waals surface area contributed by atoms with Gasteiger partial charge >= 0.3 is 0 Å². The van der Waals surface area contributed by atoms with Crippen LogP contribution in [0.1, 0.15) is 22.5 Å². The summed E-state index contributed by atoms with van der Waals surface area (Å²) in [4.78, 5) is 18.1. The van der Waals surface area contributed by atoms with Crippen molar-refractivity contribution in [3.05, 3.63) is 35.5 Å². The van der Waals surface area contributed by atoms with Crippen LogP contribution in [-0.2, 0) is 6.42 Å². The van der Waals surface area contributed by atoms with Gasteiger partial charge in [0.1, 0.15) is 0 Å². The van der Waals surface area contributed by atoms with Crippen molar-refractivity contribution in [1.29, 1.82) is 0 Å². The second-order valence-electron chi connectivity index (χ2n) is 5.39. The number of aromatic nitrogens is 1. The summed E-state index contributed by atoms with van der Waals surface area (Å²) in [7, 11) is 4.05. The van der Waals surface area contributed by atoms with Gasteiger partial charge in [0.05, 0.1) is 0 Å². The lowest BCUT2D eigenvalue weighted by Crippen LogP contribution is -2.31. The average Bonchev–Trinajstić information content (AvgIpc) is 2.71. The molecular formula is C15H18N2O. The molecule has 3 heteroatoms. The number of ketones is 1. The van der Waals surface area contributed by atoms with Crippen molar-refractivity contribution in [3.8, 4) is 0 Å². The van der Waals surface area contributed by atoms with Crippen LogP contribution in [0.3, 0.4) is 0 Å². The largest absolute Gasteiger partial charge is 0.358 e. The predicted molar refractivity (Wildman–Crippen MR) is 73.0 cm³/mol. The summed E-state index contributed by atoms with van der Waals surface area (Å²) in [5.41, 5.74) is 3.14. The number of aryl methyl sites for hydroxylation is 1. The minimum Gasteiger partial charge on any atom is -0.358 e. The fraction of sp³-hybridized carbons (Fsp3) is 0.400. The zero-order valence-corrected chi connectivity index (χ0v) is 10.9. The van der Waals surface area contributed by atoms with Crippen molar-refractivity contribution < 1.29 is 4.79 Å². The van der Waals surface area contributed by atoms with E-state index in [1.165, 1.54) is 0 Å². The number of hydrogen-bond donors (Lipinski definition) is 1. The van der Waals surface area contributed by atoms with Crippen molar-refractivity contribution in [3.63, 3.8) is 0 Å². The normalized spacial score (nSPS) is 19.5. The SMILES string of the molecule is CN(C)C[C@H]1CCc2[nH]c3ccccc3c2C1=O. The highest BCUT2D eigenvalue weighted by Crippen LogP contribution is 2.31. The molecular weight excluding hydrogens is 224 g/mol. The number of nitrogens with zero attached hydrogens (tertiary/aromatic N) is 1. The second-order valence-corrected chi connectivity index (χ2v) is 5.39. The summed E-state index contributed by atoms with van der Waals surface area (Å²) in [5, 5.41) is 1.08. The van der Waals surface area contributed by atoms with Gasteiger partial charge in [-0.15, -0.1) is 0 Å². The highest BCUT2D eigenvalue weighted by molar-refractivity contribution is 6.11. The Morgan fingerprint density at radius 2 is 2.11 bits per heavy atom. The third kappa shape index (κ3) is 1.75. The molecule has 1 aliphatic carbocycles. The first-order valence-corrected chi connectivity index (χ1v) is 6.45. The highest BCUT2D eigenvalue weighted by Gasteiger charge is 2.30. The van der Waals surface area contributed by atoms with E-state index in [0.717, 1.165) is 41.5 Å². The second kappa shape index (κ2) is 4.25. The number of nitrogens with one attached hydrogen (secondary N) is 1. The van der Waals surface area contributed by atoms with E-state index >= 15 is 0 Å². The number of aromatic amines is 1. The van der Waals surface area contributed by atoms with E-state index in [4.69, 9.17) is 0 Å². The molecule has 1 heterocycles. The van der Waals surface area contributed by atoms with Gasteiger partial charge in [-0.05, 0) is 33.0 Å². The fourth-order valence-corrected chi connectivity index (χ4v) is 2.94. The van der Waals surface area contributed by atoms with Crippen LogP contribution in [0.5, 0.6) is 0 Å². The number of Topliss-reactive ketones (excluding diaryl/α,β-unsaturated/α-hetero) is 1. The van der Waals surface area contributed by atoms with Gasteiger partial charge < -0.3 is 9.88 Å². The number of H-pyrrole nitrogens is 1. The maximum absolute atomic E-state index is 12.6. The van der Waals surface area contributed by atoms with Gasteiger partial charge in [0, 0.05) is 34.6 Å². The molecule has 0 saturated heterocycles. The Morgan fingerprint density at radius 1 is 1.33 bits per heavy atom. The molecule has 0 fully saturated rings. The maximum atomic E-state index is 12.6. The zero-order chi connectivity index (χ0) is 12.7. The van der Waals surface area contributed by atoms with Crippen molar-refractivity contribution >= 4 is 16.7 Å². The number of rotatable bonds is 2. The molecule has 1 atom stereocenters. The minimum atomic E-state index is 0.145. The minimum absolute atomic E-state index is 0.145. The first kappa shape index (κ1) is 11.5. The lowest BCUT2D eigenvalue weighted by atomic mass is 9.85. The van der Waals surface area contributed by atoms with Crippen LogP contribution in [0, 0.1) is 5.92 Å². The molecule has 1 aromatic heterocycles. The van der Waals surface area contributed by atoms with Gasteiger partial charge in [0.25, 0.3) is 0 Å². The quantitative estimate of drug-likeness (QED) is 0.878. The van der Waals surface area contributed by atoms with Gasteiger partial charge in [-0.2, -0.15) is 0 Å². The Bertz CT molecular complexity index is 598. The maximum Gasteiger partial charge on any atom is 0.169 e. The molecule has 0 radical (unpaired) electrons. The molecule has 1 aromatic carbocycles. The number of para-hydroxylation sites is 1. The first-order chi connectivity index (χ1) is 8.66. The number of benzene rings is 1. The van der Waals surface area contributed by atoms with Gasteiger partial charge in [-0.3, -0.25) is 4.79 Å². The van der Waals surface area contributed by atoms with Crippen LogP contribution in [0.25, 0.3) is 10.9 Å². The molecule has 0 aliphatic heterocycles. The third-order valence-corrected chi connectivity index (χ3v) is 3.73. The molecule has 94 valence electrons.